The van der Waals surface area contributed by atoms with Crippen molar-refractivity contribution in [2.75, 3.05) is 0 Å². The molecule has 4 heteroatoms. The third-order valence-electron chi connectivity index (χ3n) is 3.09. The first-order valence-electron chi connectivity index (χ1n) is 5.80. The summed E-state index contributed by atoms with van der Waals surface area (Å²) in [7, 11) is 0. The van der Waals surface area contributed by atoms with Crippen LogP contribution in [0.25, 0.3) is 0 Å². The molecule has 0 spiro atoms. The van der Waals surface area contributed by atoms with Gasteiger partial charge in [0.25, 0.3) is 0 Å². The highest BCUT2D eigenvalue weighted by Gasteiger charge is 2.38. The number of aliphatic carboxylic acids is 1. The van der Waals surface area contributed by atoms with Crippen LogP contribution in [0.2, 0.25) is 0 Å². The Morgan fingerprint density at radius 3 is 2.26 bits per heavy atom. The Bertz CT molecular complexity index is 580. The maximum Gasteiger partial charge on any atom is 0.333 e. The van der Waals surface area contributed by atoms with Gasteiger partial charge in [0.2, 0.25) is 0 Å². The molecule has 0 aliphatic heterocycles. The van der Waals surface area contributed by atoms with Gasteiger partial charge in [0.05, 0.1) is 0 Å². The third kappa shape index (κ3) is 2.55. The van der Waals surface area contributed by atoms with Gasteiger partial charge in [0, 0.05) is 4.47 Å². The fourth-order valence-electron chi connectivity index (χ4n) is 2.04. The van der Waals surface area contributed by atoms with Crippen LogP contribution in [-0.2, 0) is 10.3 Å². The Morgan fingerprint density at radius 2 is 1.74 bits per heavy atom. The van der Waals surface area contributed by atoms with E-state index in [2.05, 4.69) is 15.9 Å². The van der Waals surface area contributed by atoms with Crippen LogP contribution in [0, 0.1) is 6.92 Å². The Kier molecular flexibility index (Phi) is 3.73. The average molecular weight is 320 g/mol. The van der Waals surface area contributed by atoms with Gasteiger partial charge >= 0.3 is 5.97 Å². The molecule has 2 rings (SSSR count). The van der Waals surface area contributed by atoms with Crippen molar-refractivity contribution in [1.82, 2.24) is 0 Å². The first-order chi connectivity index (χ1) is 8.94. The highest BCUT2D eigenvalue weighted by molar-refractivity contribution is 9.10. The van der Waals surface area contributed by atoms with E-state index in [1.165, 1.54) is 0 Å². The van der Waals surface area contributed by atoms with Crippen LogP contribution >= 0.6 is 15.9 Å². The summed E-state index contributed by atoms with van der Waals surface area (Å²) in [6.07, 6.45) is 0. The summed E-state index contributed by atoms with van der Waals surface area (Å²) in [5, 5.41) is 9.58. The van der Waals surface area contributed by atoms with Gasteiger partial charge in [0.1, 0.15) is 0 Å². The predicted molar refractivity (Wildman–Crippen MR) is 77.9 cm³/mol. The highest BCUT2D eigenvalue weighted by Crippen LogP contribution is 2.29. The van der Waals surface area contributed by atoms with Crippen molar-refractivity contribution in [3.63, 3.8) is 0 Å². The van der Waals surface area contributed by atoms with Gasteiger partial charge in [-0.3, -0.25) is 0 Å². The number of hydrogen-bond donors (Lipinski definition) is 2. The fraction of sp³-hybridized carbons (Fsp3) is 0.133. The number of aryl methyl sites for hydroxylation is 1. The lowest BCUT2D eigenvalue weighted by Gasteiger charge is -2.26. The molecule has 0 aliphatic carbocycles. The van der Waals surface area contributed by atoms with Crippen molar-refractivity contribution in [3.8, 4) is 0 Å². The van der Waals surface area contributed by atoms with Gasteiger partial charge in [0.15, 0.2) is 5.54 Å². The van der Waals surface area contributed by atoms with E-state index in [1.807, 2.05) is 25.1 Å². The van der Waals surface area contributed by atoms with Crippen molar-refractivity contribution in [1.29, 1.82) is 0 Å². The van der Waals surface area contributed by atoms with Crippen LogP contribution in [0.1, 0.15) is 16.7 Å². The monoisotopic (exact) mass is 319 g/mol. The summed E-state index contributed by atoms with van der Waals surface area (Å²) in [6.45, 7) is 1.91. The minimum absolute atomic E-state index is 0.542. The second-order valence-electron chi connectivity index (χ2n) is 4.49. The summed E-state index contributed by atoms with van der Waals surface area (Å²) in [4.78, 5) is 11.7. The van der Waals surface area contributed by atoms with E-state index in [-0.39, 0.29) is 0 Å². The van der Waals surface area contributed by atoms with E-state index in [4.69, 9.17) is 5.73 Å². The highest BCUT2D eigenvalue weighted by atomic mass is 79.9. The molecule has 3 nitrogen and oxygen atoms in total. The first kappa shape index (κ1) is 13.8. The number of carboxylic acid groups (broad SMARTS) is 1. The molecule has 0 fully saturated rings. The van der Waals surface area contributed by atoms with Crippen molar-refractivity contribution in [2.45, 2.75) is 12.5 Å². The van der Waals surface area contributed by atoms with E-state index in [0.717, 1.165) is 10.0 Å². The molecule has 2 aromatic carbocycles. The zero-order valence-electron chi connectivity index (χ0n) is 10.4. The minimum atomic E-state index is -1.55. The van der Waals surface area contributed by atoms with E-state index in [9.17, 15) is 9.90 Å². The first-order valence-corrected chi connectivity index (χ1v) is 6.59. The zero-order valence-corrected chi connectivity index (χ0v) is 12.0. The molecular formula is C15H14BrNO2. The van der Waals surface area contributed by atoms with Crippen molar-refractivity contribution < 1.29 is 9.90 Å². The van der Waals surface area contributed by atoms with Crippen LogP contribution in [0.5, 0.6) is 0 Å². The van der Waals surface area contributed by atoms with Crippen molar-refractivity contribution in [3.05, 3.63) is 69.7 Å². The molecule has 0 aromatic heterocycles. The second-order valence-corrected chi connectivity index (χ2v) is 5.41. The van der Waals surface area contributed by atoms with Gasteiger partial charge in [-0.2, -0.15) is 0 Å². The maximum absolute atomic E-state index is 11.7. The summed E-state index contributed by atoms with van der Waals surface area (Å²) < 4.78 is 0.800. The normalized spacial score (nSPS) is 13.8. The Morgan fingerprint density at radius 1 is 1.16 bits per heavy atom. The van der Waals surface area contributed by atoms with Gasteiger partial charge in [-0.15, -0.1) is 0 Å². The molecule has 0 bridgehead atoms. The quantitative estimate of drug-likeness (QED) is 0.914. The van der Waals surface area contributed by atoms with Crippen LogP contribution < -0.4 is 5.73 Å². The standard InChI is InChI=1S/C15H14BrNO2/c1-10-4-2-5-11(8-10)15(17,14(18)19)12-6-3-7-13(16)9-12/h2-9H,17H2,1H3,(H,18,19)/t15-/m0/s1. The number of benzene rings is 2. The number of rotatable bonds is 3. The van der Waals surface area contributed by atoms with Crippen molar-refractivity contribution in [2.24, 2.45) is 5.73 Å². The average Bonchev–Trinajstić information content (AvgIpc) is 2.37. The number of carboxylic acids is 1. The molecule has 0 heterocycles. The SMILES string of the molecule is Cc1cccc([C@@](N)(C(=O)O)c2cccc(Br)c2)c1. The lowest BCUT2D eigenvalue weighted by molar-refractivity contribution is -0.142. The molecule has 98 valence electrons. The predicted octanol–water partition coefficient (Wildman–Crippen LogP) is 3.04. The molecule has 0 unspecified atom stereocenters. The molecule has 0 saturated heterocycles. The molecule has 0 saturated carbocycles. The van der Waals surface area contributed by atoms with Gasteiger partial charge in [-0.05, 0) is 30.2 Å². The smallest absolute Gasteiger partial charge is 0.333 e. The summed E-state index contributed by atoms with van der Waals surface area (Å²) in [5.74, 6) is -1.07. The number of nitrogens with two attached hydrogens (primary N) is 1. The molecule has 2 aromatic rings. The maximum atomic E-state index is 11.7. The zero-order chi connectivity index (χ0) is 14.0. The van der Waals surface area contributed by atoms with Crippen LogP contribution in [0.15, 0.2) is 53.0 Å². The summed E-state index contributed by atoms with van der Waals surface area (Å²) >= 11 is 3.34. The fourth-order valence-corrected chi connectivity index (χ4v) is 2.44. The number of carbonyl (C=O) groups is 1. The lowest BCUT2D eigenvalue weighted by Crippen LogP contribution is -2.46. The van der Waals surface area contributed by atoms with Gasteiger partial charge in [-0.25, -0.2) is 4.79 Å². The second kappa shape index (κ2) is 5.15. The van der Waals surface area contributed by atoms with E-state index in [1.54, 1.807) is 30.3 Å². The van der Waals surface area contributed by atoms with Crippen LogP contribution in [0.4, 0.5) is 0 Å². The molecular weight excluding hydrogens is 306 g/mol. The Hall–Kier alpha value is -1.65. The van der Waals surface area contributed by atoms with E-state index >= 15 is 0 Å². The Balaban J connectivity index is 2.65. The topological polar surface area (TPSA) is 63.3 Å². The molecule has 0 aliphatic rings. The molecule has 1 atom stereocenters. The van der Waals surface area contributed by atoms with E-state index in [0.29, 0.717) is 11.1 Å². The van der Waals surface area contributed by atoms with Crippen molar-refractivity contribution >= 4 is 21.9 Å². The minimum Gasteiger partial charge on any atom is -0.479 e. The molecule has 19 heavy (non-hydrogen) atoms. The molecule has 0 amide bonds. The lowest BCUT2D eigenvalue weighted by atomic mass is 9.83. The van der Waals surface area contributed by atoms with Crippen LogP contribution in [0.3, 0.4) is 0 Å². The Labute approximate surface area is 120 Å². The third-order valence-corrected chi connectivity index (χ3v) is 3.58. The molecule has 0 radical (unpaired) electrons. The van der Waals surface area contributed by atoms with Crippen LogP contribution in [-0.4, -0.2) is 11.1 Å². The molecule has 3 N–H and O–H groups in total. The van der Waals surface area contributed by atoms with Gasteiger partial charge < -0.3 is 10.8 Å². The summed E-state index contributed by atoms with van der Waals surface area (Å²) in [6, 6.07) is 14.3. The summed E-state index contributed by atoms with van der Waals surface area (Å²) in [5.41, 5.74) is 6.74. The number of hydrogen-bond acceptors (Lipinski definition) is 2. The largest absolute Gasteiger partial charge is 0.479 e. The number of halogens is 1. The van der Waals surface area contributed by atoms with Gasteiger partial charge in [-0.1, -0.05) is 57.9 Å². The van der Waals surface area contributed by atoms with E-state index < -0.39 is 11.5 Å².